The molecule has 2 aliphatic heterocycles. The van der Waals surface area contributed by atoms with Crippen LogP contribution in [0.15, 0.2) is 29.1 Å². The number of nitrogens with zero attached hydrogens (tertiary/aromatic N) is 1. The lowest BCUT2D eigenvalue weighted by molar-refractivity contribution is 0.162. The third-order valence-electron chi connectivity index (χ3n) is 4.35. The molecule has 0 amide bonds. The standard InChI is InChI=1S/C15H16N2O/c18-15-10-5-1-2-6-12(10)16-14-11(15)9-17-8-4-3-7-13(14)17/h1-2,5-6,13H,3-4,7-9H2,(H,16,18). The van der Waals surface area contributed by atoms with E-state index >= 15 is 0 Å². The molecule has 0 aliphatic carbocycles. The van der Waals surface area contributed by atoms with Gasteiger partial charge in [-0.25, -0.2) is 0 Å². The van der Waals surface area contributed by atoms with Crippen LogP contribution in [0.4, 0.5) is 0 Å². The van der Waals surface area contributed by atoms with Crippen molar-refractivity contribution < 1.29 is 0 Å². The second kappa shape index (κ2) is 3.69. The van der Waals surface area contributed by atoms with Crippen molar-refractivity contribution in [3.63, 3.8) is 0 Å². The number of aromatic amines is 1. The van der Waals surface area contributed by atoms with E-state index in [1.54, 1.807) is 0 Å². The van der Waals surface area contributed by atoms with Crippen LogP contribution in [-0.4, -0.2) is 16.4 Å². The summed E-state index contributed by atoms with van der Waals surface area (Å²) in [4.78, 5) is 18.5. The van der Waals surface area contributed by atoms with Gasteiger partial charge in [0.15, 0.2) is 5.43 Å². The Morgan fingerprint density at radius 2 is 2.11 bits per heavy atom. The molecule has 0 radical (unpaired) electrons. The highest BCUT2D eigenvalue weighted by atomic mass is 16.1. The lowest BCUT2D eigenvalue weighted by atomic mass is 10.0. The van der Waals surface area contributed by atoms with Crippen LogP contribution in [0.1, 0.15) is 36.6 Å². The number of aromatic nitrogens is 1. The number of fused-ring (bicyclic) bond motifs is 4. The van der Waals surface area contributed by atoms with Crippen molar-refractivity contribution in [3.8, 4) is 0 Å². The van der Waals surface area contributed by atoms with Gasteiger partial charge < -0.3 is 4.98 Å². The highest BCUT2D eigenvalue weighted by Gasteiger charge is 2.34. The van der Waals surface area contributed by atoms with Crippen LogP contribution >= 0.6 is 0 Å². The van der Waals surface area contributed by atoms with Crippen molar-refractivity contribution in [1.82, 2.24) is 9.88 Å². The van der Waals surface area contributed by atoms with Crippen LogP contribution in [0, 0.1) is 0 Å². The molecule has 2 aromatic rings. The maximum atomic E-state index is 12.5. The van der Waals surface area contributed by atoms with E-state index in [1.165, 1.54) is 25.0 Å². The van der Waals surface area contributed by atoms with Gasteiger partial charge in [0.1, 0.15) is 0 Å². The minimum Gasteiger partial charge on any atom is -0.357 e. The van der Waals surface area contributed by atoms with Crippen molar-refractivity contribution in [2.75, 3.05) is 6.54 Å². The van der Waals surface area contributed by atoms with E-state index in [9.17, 15) is 4.79 Å². The largest absolute Gasteiger partial charge is 0.357 e. The highest BCUT2D eigenvalue weighted by molar-refractivity contribution is 5.79. The molecule has 0 saturated carbocycles. The molecule has 1 N–H and O–H groups in total. The Morgan fingerprint density at radius 1 is 1.22 bits per heavy atom. The molecule has 1 aromatic carbocycles. The van der Waals surface area contributed by atoms with Crippen molar-refractivity contribution >= 4 is 10.9 Å². The Kier molecular flexibility index (Phi) is 2.12. The van der Waals surface area contributed by atoms with Gasteiger partial charge in [-0.15, -0.1) is 0 Å². The number of hydrogen-bond donors (Lipinski definition) is 1. The molecule has 0 bridgehead atoms. The van der Waals surface area contributed by atoms with Gasteiger partial charge in [-0.1, -0.05) is 18.6 Å². The number of piperidine rings is 1. The van der Waals surface area contributed by atoms with Crippen molar-refractivity contribution in [2.45, 2.75) is 31.8 Å². The molecule has 3 nitrogen and oxygen atoms in total. The molecular weight excluding hydrogens is 224 g/mol. The monoisotopic (exact) mass is 240 g/mol. The lowest BCUT2D eigenvalue weighted by Gasteiger charge is -2.29. The molecule has 1 atom stereocenters. The highest BCUT2D eigenvalue weighted by Crippen LogP contribution is 2.38. The fraction of sp³-hybridized carbons (Fsp3) is 0.400. The van der Waals surface area contributed by atoms with Crippen molar-refractivity contribution in [1.29, 1.82) is 0 Å². The van der Waals surface area contributed by atoms with Crippen LogP contribution in [0.5, 0.6) is 0 Å². The van der Waals surface area contributed by atoms with E-state index in [4.69, 9.17) is 0 Å². The molecule has 3 heterocycles. The molecule has 1 aromatic heterocycles. The number of hydrogen-bond acceptors (Lipinski definition) is 2. The van der Waals surface area contributed by atoms with E-state index in [-0.39, 0.29) is 5.43 Å². The summed E-state index contributed by atoms with van der Waals surface area (Å²) in [6.45, 7) is 1.96. The Bertz CT molecular complexity index is 674. The summed E-state index contributed by atoms with van der Waals surface area (Å²) in [5.41, 5.74) is 3.39. The molecule has 4 rings (SSSR count). The van der Waals surface area contributed by atoms with Gasteiger partial charge in [0, 0.05) is 28.7 Å². The van der Waals surface area contributed by atoms with E-state index in [1.807, 2.05) is 24.3 Å². The molecule has 18 heavy (non-hydrogen) atoms. The van der Waals surface area contributed by atoms with Gasteiger partial charge in [-0.05, 0) is 31.5 Å². The first-order valence-electron chi connectivity index (χ1n) is 6.72. The average molecular weight is 240 g/mol. The quantitative estimate of drug-likeness (QED) is 0.768. The van der Waals surface area contributed by atoms with E-state index < -0.39 is 0 Å². The number of rotatable bonds is 0. The van der Waals surface area contributed by atoms with Crippen LogP contribution in [0.25, 0.3) is 10.9 Å². The first kappa shape index (κ1) is 10.3. The normalized spacial score (nSPS) is 23.0. The number of benzene rings is 1. The zero-order valence-corrected chi connectivity index (χ0v) is 10.3. The Morgan fingerprint density at radius 3 is 3.06 bits per heavy atom. The predicted octanol–water partition coefficient (Wildman–Crippen LogP) is 2.57. The summed E-state index contributed by atoms with van der Waals surface area (Å²) in [7, 11) is 0. The van der Waals surface area contributed by atoms with Crippen molar-refractivity contribution in [2.24, 2.45) is 0 Å². The van der Waals surface area contributed by atoms with E-state index in [0.29, 0.717) is 6.04 Å². The zero-order chi connectivity index (χ0) is 12.1. The molecule has 1 fully saturated rings. The first-order chi connectivity index (χ1) is 8.84. The Labute approximate surface area is 105 Å². The maximum Gasteiger partial charge on any atom is 0.194 e. The summed E-state index contributed by atoms with van der Waals surface area (Å²) in [6, 6.07) is 8.30. The Hall–Kier alpha value is -1.61. The van der Waals surface area contributed by atoms with Gasteiger partial charge in [-0.2, -0.15) is 0 Å². The van der Waals surface area contributed by atoms with Gasteiger partial charge in [0.05, 0.1) is 6.04 Å². The summed E-state index contributed by atoms with van der Waals surface area (Å²) in [5.74, 6) is 0. The molecule has 1 saturated heterocycles. The minimum absolute atomic E-state index is 0.230. The summed E-state index contributed by atoms with van der Waals surface area (Å²) >= 11 is 0. The third kappa shape index (κ3) is 1.31. The molecule has 0 spiro atoms. The smallest absolute Gasteiger partial charge is 0.194 e. The number of H-pyrrole nitrogens is 1. The van der Waals surface area contributed by atoms with Crippen LogP contribution < -0.4 is 5.43 Å². The fourth-order valence-electron chi connectivity index (χ4n) is 3.45. The van der Waals surface area contributed by atoms with Crippen molar-refractivity contribution in [3.05, 3.63) is 45.7 Å². The van der Waals surface area contributed by atoms with Crippen LogP contribution in [-0.2, 0) is 6.54 Å². The second-order valence-corrected chi connectivity index (χ2v) is 5.37. The number of pyridine rings is 1. The predicted molar refractivity (Wildman–Crippen MR) is 71.6 cm³/mol. The minimum atomic E-state index is 0.230. The number of para-hydroxylation sites is 1. The second-order valence-electron chi connectivity index (χ2n) is 5.37. The Balaban J connectivity index is 1.99. The number of nitrogens with one attached hydrogen (secondary N) is 1. The van der Waals surface area contributed by atoms with Crippen LogP contribution in [0.2, 0.25) is 0 Å². The average Bonchev–Trinajstić information content (AvgIpc) is 2.79. The first-order valence-corrected chi connectivity index (χ1v) is 6.72. The molecular formula is C15H16N2O. The summed E-state index contributed by atoms with van der Waals surface area (Å²) in [5, 5.41) is 0.830. The maximum absolute atomic E-state index is 12.5. The molecule has 1 unspecified atom stereocenters. The zero-order valence-electron chi connectivity index (χ0n) is 10.3. The summed E-state index contributed by atoms with van der Waals surface area (Å²) < 4.78 is 0. The fourth-order valence-corrected chi connectivity index (χ4v) is 3.45. The lowest BCUT2D eigenvalue weighted by Crippen LogP contribution is -2.27. The summed E-state index contributed by atoms with van der Waals surface area (Å²) in [6.07, 6.45) is 3.72. The topological polar surface area (TPSA) is 36.1 Å². The third-order valence-corrected chi connectivity index (χ3v) is 4.35. The van der Waals surface area contributed by atoms with Gasteiger partial charge in [-0.3, -0.25) is 9.69 Å². The molecule has 3 heteroatoms. The van der Waals surface area contributed by atoms with Crippen LogP contribution in [0.3, 0.4) is 0 Å². The molecule has 92 valence electrons. The van der Waals surface area contributed by atoms with Gasteiger partial charge in [0.25, 0.3) is 0 Å². The molecule has 2 aliphatic rings. The van der Waals surface area contributed by atoms with E-state index in [0.717, 1.165) is 29.6 Å². The van der Waals surface area contributed by atoms with Gasteiger partial charge >= 0.3 is 0 Å². The van der Waals surface area contributed by atoms with E-state index in [2.05, 4.69) is 9.88 Å². The van der Waals surface area contributed by atoms with Gasteiger partial charge in [0.2, 0.25) is 0 Å². The SMILES string of the molecule is O=c1c2c([nH]c3ccccc13)C1CCCCN1C2.